The third kappa shape index (κ3) is 2.53. The number of hydrogen-bond acceptors (Lipinski definition) is 4. The van der Waals surface area contributed by atoms with Crippen LogP contribution in [-0.2, 0) is 0 Å². The molecular formula is C14H18N4OS. The summed E-state index contributed by atoms with van der Waals surface area (Å²) in [6.07, 6.45) is 3.00. The molecule has 1 saturated carbocycles. The zero-order valence-electron chi connectivity index (χ0n) is 11.4. The summed E-state index contributed by atoms with van der Waals surface area (Å²) < 4.78 is 1.76. The second-order valence-electron chi connectivity index (χ2n) is 5.07. The summed E-state index contributed by atoms with van der Waals surface area (Å²) in [5, 5.41) is 7.42. The first kappa shape index (κ1) is 13.5. The van der Waals surface area contributed by atoms with Crippen molar-refractivity contribution in [3.05, 3.63) is 40.3 Å². The number of nitrogens with two attached hydrogens (primary N) is 1. The molecule has 1 aliphatic carbocycles. The van der Waals surface area contributed by atoms with E-state index in [1.54, 1.807) is 4.57 Å². The van der Waals surface area contributed by atoms with E-state index >= 15 is 0 Å². The molecule has 20 heavy (non-hydrogen) atoms. The Bertz CT molecular complexity index is 659. The molecule has 0 amide bonds. The third-order valence-electron chi connectivity index (χ3n) is 3.54. The molecule has 1 aliphatic rings. The maximum Gasteiger partial charge on any atom is 0.344 e. The molecule has 6 heteroatoms. The maximum absolute atomic E-state index is 11.8. The van der Waals surface area contributed by atoms with Gasteiger partial charge in [0.25, 0.3) is 0 Å². The summed E-state index contributed by atoms with van der Waals surface area (Å²) in [5.41, 5.74) is 7.14. The van der Waals surface area contributed by atoms with Gasteiger partial charge in [-0.15, -0.1) is 5.10 Å². The van der Waals surface area contributed by atoms with Crippen LogP contribution in [0.2, 0.25) is 0 Å². The Morgan fingerprint density at radius 1 is 1.50 bits per heavy atom. The lowest BCUT2D eigenvalue weighted by atomic mass is 10.1. The largest absolute Gasteiger partial charge is 0.344 e. The Kier molecular flexibility index (Phi) is 3.67. The van der Waals surface area contributed by atoms with Crippen LogP contribution in [-0.4, -0.2) is 14.8 Å². The summed E-state index contributed by atoms with van der Waals surface area (Å²) in [5.74, 6) is 0. The first-order chi connectivity index (χ1) is 9.70. The molecule has 5 nitrogen and oxygen atoms in total. The smallest absolute Gasteiger partial charge is 0.324 e. The molecule has 0 saturated heterocycles. The fraction of sp³-hybridized carbons (Fsp3) is 0.429. The fourth-order valence-electron chi connectivity index (χ4n) is 2.22. The number of benzene rings is 1. The van der Waals surface area contributed by atoms with Gasteiger partial charge in [0.05, 0.1) is 0 Å². The van der Waals surface area contributed by atoms with Crippen LogP contribution in [0.3, 0.4) is 0 Å². The second-order valence-corrected chi connectivity index (χ2v) is 6.08. The minimum Gasteiger partial charge on any atom is -0.324 e. The number of hydrogen-bond donors (Lipinski definition) is 2. The number of aromatic amines is 1. The average Bonchev–Trinajstić information content (AvgIpc) is 3.23. The molecule has 0 bridgehead atoms. The molecule has 1 aromatic heterocycles. The van der Waals surface area contributed by atoms with Crippen molar-refractivity contribution in [1.82, 2.24) is 14.8 Å². The van der Waals surface area contributed by atoms with Gasteiger partial charge in [-0.1, -0.05) is 25.1 Å². The van der Waals surface area contributed by atoms with Gasteiger partial charge in [0, 0.05) is 17.0 Å². The van der Waals surface area contributed by atoms with E-state index in [1.807, 2.05) is 24.3 Å². The highest BCUT2D eigenvalue weighted by molar-refractivity contribution is 7.99. The van der Waals surface area contributed by atoms with Crippen LogP contribution in [0.4, 0.5) is 0 Å². The molecule has 0 aliphatic heterocycles. The minimum atomic E-state index is -0.118. The van der Waals surface area contributed by atoms with Crippen LogP contribution in [0.25, 0.3) is 0 Å². The summed E-state index contributed by atoms with van der Waals surface area (Å²) >= 11 is 1.51. The van der Waals surface area contributed by atoms with Crippen molar-refractivity contribution in [2.45, 2.75) is 48.3 Å². The van der Waals surface area contributed by atoms with Crippen LogP contribution in [0.1, 0.15) is 43.8 Å². The highest BCUT2D eigenvalue weighted by Crippen LogP contribution is 2.39. The van der Waals surface area contributed by atoms with Crippen molar-refractivity contribution in [2.75, 3.05) is 0 Å². The molecule has 1 atom stereocenters. The monoisotopic (exact) mass is 290 g/mol. The number of nitrogens with one attached hydrogen (secondary N) is 1. The van der Waals surface area contributed by atoms with Crippen LogP contribution in [0.15, 0.2) is 39.1 Å². The van der Waals surface area contributed by atoms with Gasteiger partial charge in [0.1, 0.15) is 0 Å². The van der Waals surface area contributed by atoms with Crippen LogP contribution in [0, 0.1) is 0 Å². The Hall–Kier alpha value is -1.53. The Labute approximate surface area is 121 Å². The van der Waals surface area contributed by atoms with E-state index in [-0.39, 0.29) is 11.7 Å². The Morgan fingerprint density at radius 3 is 2.95 bits per heavy atom. The van der Waals surface area contributed by atoms with Gasteiger partial charge in [-0.05, 0) is 42.7 Å². The molecule has 106 valence electrons. The lowest BCUT2D eigenvalue weighted by Crippen LogP contribution is -2.16. The van der Waals surface area contributed by atoms with Crippen LogP contribution < -0.4 is 11.4 Å². The first-order valence-corrected chi connectivity index (χ1v) is 7.71. The van der Waals surface area contributed by atoms with E-state index in [4.69, 9.17) is 5.73 Å². The molecule has 3 N–H and O–H groups in total. The van der Waals surface area contributed by atoms with Gasteiger partial charge in [0.15, 0.2) is 5.16 Å². The predicted molar refractivity (Wildman–Crippen MR) is 78.9 cm³/mol. The molecule has 1 aromatic carbocycles. The maximum atomic E-state index is 11.8. The van der Waals surface area contributed by atoms with Crippen molar-refractivity contribution in [3.63, 3.8) is 0 Å². The summed E-state index contributed by atoms with van der Waals surface area (Å²) in [7, 11) is 0. The van der Waals surface area contributed by atoms with E-state index in [0.717, 1.165) is 34.9 Å². The van der Waals surface area contributed by atoms with E-state index < -0.39 is 0 Å². The van der Waals surface area contributed by atoms with Gasteiger partial charge in [-0.25, -0.2) is 9.89 Å². The van der Waals surface area contributed by atoms with Crippen LogP contribution in [0.5, 0.6) is 0 Å². The lowest BCUT2D eigenvalue weighted by Gasteiger charge is -2.14. The highest BCUT2D eigenvalue weighted by Gasteiger charge is 2.29. The Balaban J connectivity index is 1.94. The van der Waals surface area contributed by atoms with Gasteiger partial charge in [0.2, 0.25) is 0 Å². The molecule has 0 radical (unpaired) electrons. The molecule has 2 aromatic rings. The molecule has 0 unspecified atom stereocenters. The second kappa shape index (κ2) is 5.46. The number of nitrogens with zero attached hydrogens (tertiary/aromatic N) is 2. The van der Waals surface area contributed by atoms with Crippen LogP contribution >= 0.6 is 11.8 Å². The van der Waals surface area contributed by atoms with Crippen molar-refractivity contribution >= 4 is 11.8 Å². The minimum absolute atomic E-state index is 0.0127. The fourth-order valence-corrected chi connectivity index (χ4v) is 3.32. The SMILES string of the molecule is CC[C@H](N)c1ccccc1Sc1n[nH]c(=O)n1C1CC1. The third-order valence-corrected chi connectivity index (χ3v) is 4.61. The normalized spacial score (nSPS) is 16.3. The topological polar surface area (TPSA) is 76.7 Å². The lowest BCUT2D eigenvalue weighted by molar-refractivity contribution is 0.641. The average molecular weight is 290 g/mol. The van der Waals surface area contributed by atoms with Crippen molar-refractivity contribution in [2.24, 2.45) is 5.73 Å². The summed E-state index contributed by atoms with van der Waals surface area (Å²) in [4.78, 5) is 12.9. The van der Waals surface area contributed by atoms with Crippen molar-refractivity contribution in [3.8, 4) is 0 Å². The van der Waals surface area contributed by atoms with Gasteiger partial charge in [-0.3, -0.25) is 4.57 Å². The zero-order chi connectivity index (χ0) is 14.1. The number of H-pyrrole nitrogens is 1. The highest BCUT2D eigenvalue weighted by atomic mass is 32.2. The van der Waals surface area contributed by atoms with E-state index in [2.05, 4.69) is 17.1 Å². The van der Waals surface area contributed by atoms with Crippen molar-refractivity contribution in [1.29, 1.82) is 0 Å². The predicted octanol–water partition coefficient (Wildman–Crippen LogP) is 2.47. The molecule has 1 heterocycles. The Morgan fingerprint density at radius 2 is 2.25 bits per heavy atom. The quantitative estimate of drug-likeness (QED) is 0.887. The van der Waals surface area contributed by atoms with Gasteiger partial charge < -0.3 is 5.73 Å². The molecule has 1 fully saturated rings. The molecule has 3 rings (SSSR count). The standard InChI is InChI=1S/C14H18N4OS/c1-2-11(15)10-5-3-4-6-12(10)20-14-17-16-13(19)18(14)9-7-8-9/h3-6,9,11H,2,7-8,15H2,1H3,(H,16,19)/t11-/m0/s1. The van der Waals surface area contributed by atoms with Crippen molar-refractivity contribution < 1.29 is 0 Å². The van der Waals surface area contributed by atoms with E-state index in [1.165, 1.54) is 11.8 Å². The number of rotatable bonds is 5. The molecular weight excluding hydrogens is 272 g/mol. The summed E-state index contributed by atoms with van der Waals surface area (Å²) in [6.45, 7) is 2.07. The van der Waals surface area contributed by atoms with E-state index in [0.29, 0.717) is 6.04 Å². The molecule has 0 spiro atoms. The summed E-state index contributed by atoms with van der Waals surface area (Å²) in [6, 6.07) is 8.39. The van der Waals surface area contributed by atoms with Gasteiger partial charge >= 0.3 is 5.69 Å². The zero-order valence-corrected chi connectivity index (χ0v) is 12.2. The van der Waals surface area contributed by atoms with E-state index in [9.17, 15) is 4.79 Å². The number of aromatic nitrogens is 3. The van der Waals surface area contributed by atoms with Gasteiger partial charge in [-0.2, -0.15) is 0 Å². The first-order valence-electron chi connectivity index (χ1n) is 6.90.